The fourth-order valence-corrected chi connectivity index (χ4v) is 1.20. The van der Waals surface area contributed by atoms with E-state index in [0.29, 0.717) is 11.3 Å². The normalized spacial score (nSPS) is 9.50. The fourth-order valence-electron chi connectivity index (χ4n) is 1.08. The number of ether oxygens (including phenoxy) is 1. The van der Waals surface area contributed by atoms with Crippen LogP contribution in [0.4, 0.5) is 0 Å². The van der Waals surface area contributed by atoms with Crippen LogP contribution in [0.25, 0.3) is 0 Å². The number of hydrogen-bond acceptors (Lipinski definition) is 5. The Bertz CT molecular complexity index is 553. The number of rotatable bonds is 2. The third-order valence-electron chi connectivity index (χ3n) is 1.73. The van der Waals surface area contributed by atoms with Crippen molar-refractivity contribution in [3.05, 3.63) is 41.3 Å². The van der Waals surface area contributed by atoms with Gasteiger partial charge in [0.25, 0.3) is 0 Å². The molecule has 0 N–H and O–H groups in total. The zero-order valence-electron chi connectivity index (χ0n) is 7.96. The van der Waals surface area contributed by atoms with Crippen LogP contribution in [0.5, 0.6) is 11.6 Å². The molecular weight excluding hydrogens is 228 g/mol. The first kappa shape index (κ1) is 10.3. The molecule has 0 radical (unpaired) electrons. The Hall–Kier alpha value is -2.19. The molecule has 1 aromatic heterocycles. The van der Waals surface area contributed by atoms with E-state index < -0.39 is 0 Å². The van der Waals surface area contributed by atoms with Crippen molar-refractivity contribution in [2.45, 2.75) is 0 Å². The van der Waals surface area contributed by atoms with Gasteiger partial charge in [0.2, 0.25) is 11.2 Å². The van der Waals surface area contributed by atoms with Crippen LogP contribution in [-0.4, -0.2) is 15.2 Å². The number of halogens is 1. The number of hydrogen-bond donors (Lipinski definition) is 0. The molecule has 0 atom stereocenters. The number of benzene rings is 1. The second-order valence-electron chi connectivity index (χ2n) is 2.77. The summed E-state index contributed by atoms with van der Waals surface area (Å²) in [5.41, 5.74) is 0.414. The van der Waals surface area contributed by atoms with E-state index in [1.807, 2.05) is 6.07 Å². The van der Waals surface area contributed by atoms with Crippen LogP contribution in [-0.2, 0) is 0 Å². The van der Waals surface area contributed by atoms with E-state index in [2.05, 4.69) is 15.2 Å². The molecule has 1 aromatic carbocycles. The summed E-state index contributed by atoms with van der Waals surface area (Å²) >= 11 is 5.56. The first-order valence-corrected chi connectivity index (χ1v) is 4.69. The van der Waals surface area contributed by atoms with E-state index in [0.717, 1.165) is 0 Å². The highest BCUT2D eigenvalue weighted by molar-refractivity contribution is 6.28. The zero-order chi connectivity index (χ0) is 11.4. The summed E-state index contributed by atoms with van der Waals surface area (Å²) in [6, 6.07) is 8.82. The van der Waals surface area contributed by atoms with E-state index in [-0.39, 0.29) is 11.2 Å². The fraction of sp³-hybridized carbons (Fsp3) is 0. The van der Waals surface area contributed by atoms with Crippen molar-refractivity contribution >= 4 is 11.6 Å². The maximum Gasteiger partial charge on any atom is 0.246 e. The maximum absolute atomic E-state index is 8.85. The molecule has 2 aromatic rings. The maximum atomic E-state index is 8.85. The predicted molar refractivity (Wildman–Crippen MR) is 56.1 cm³/mol. The summed E-state index contributed by atoms with van der Waals surface area (Å²) in [6.07, 6.45) is 1.32. The number of nitriles is 1. The molecular formula is C10H5ClN4O. The SMILES string of the molecule is N#Cc1ccccc1Oc1cnnc(Cl)n1. The summed E-state index contributed by atoms with van der Waals surface area (Å²) in [6.45, 7) is 0. The molecule has 0 amide bonds. The Balaban J connectivity index is 2.31. The van der Waals surface area contributed by atoms with Gasteiger partial charge in [0.15, 0.2) is 0 Å². The van der Waals surface area contributed by atoms with Gasteiger partial charge >= 0.3 is 0 Å². The molecule has 0 aliphatic carbocycles. The number of nitrogens with zero attached hydrogens (tertiary/aromatic N) is 4. The Labute approximate surface area is 96.3 Å². The highest BCUT2D eigenvalue weighted by Crippen LogP contribution is 2.22. The van der Waals surface area contributed by atoms with Gasteiger partial charge in [-0.3, -0.25) is 0 Å². The van der Waals surface area contributed by atoms with Crippen LogP contribution in [0.15, 0.2) is 30.5 Å². The molecule has 0 fully saturated rings. The van der Waals surface area contributed by atoms with E-state index >= 15 is 0 Å². The minimum atomic E-state index is -0.00746. The van der Waals surface area contributed by atoms with Crippen LogP contribution in [0, 0.1) is 11.3 Å². The lowest BCUT2D eigenvalue weighted by molar-refractivity contribution is 0.455. The number of aromatic nitrogens is 3. The minimum Gasteiger partial charge on any atom is -0.436 e. The summed E-state index contributed by atoms with van der Waals surface area (Å²) in [5.74, 6) is 0.601. The summed E-state index contributed by atoms with van der Waals surface area (Å²) in [5, 5.41) is 15.9. The average Bonchev–Trinajstić information content (AvgIpc) is 2.30. The molecule has 0 aliphatic heterocycles. The summed E-state index contributed by atoms with van der Waals surface area (Å²) in [7, 11) is 0. The third kappa shape index (κ3) is 2.24. The lowest BCUT2D eigenvalue weighted by Crippen LogP contribution is -1.93. The van der Waals surface area contributed by atoms with Gasteiger partial charge in [-0.2, -0.15) is 15.3 Å². The van der Waals surface area contributed by atoms with Gasteiger partial charge < -0.3 is 4.74 Å². The monoisotopic (exact) mass is 232 g/mol. The first-order chi connectivity index (χ1) is 7.79. The smallest absolute Gasteiger partial charge is 0.246 e. The largest absolute Gasteiger partial charge is 0.436 e. The lowest BCUT2D eigenvalue weighted by atomic mass is 10.2. The summed E-state index contributed by atoms with van der Waals surface area (Å²) < 4.78 is 5.36. The van der Waals surface area contributed by atoms with Gasteiger partial charge in [-0.05, 0) is 23.7 Å². The Kier molecular flexibility index (Phi) is 2.94. The van der Waals surface area contributed by atoms with Crippen LogP contribution in [0.2, 0.25) is 5.28 Å². The minimum absolute atomic E-state index is 0.00746. The summed E-state index contributed by atoms with van der Waals surface area (Å²) in [4.78, 5) is 3.80. The molecule has 6 heteroatoms. The van der Waals surface area contributed by atoms with Crippen molar-refractivity contribution < 1.29 is 4.74 Å². The van der Waals surface area contributed by atoms with Gasteiger partial charge in [0.1, 0.15) is 18.0 Å². The number of para-hydroxylation sites is 1. The van der Waals surface area contributed by atoms with Gasteiger partial charge in [0.05, 0.1) is 5.56 Å². The first-order valence-electron chi connectivity index (χ1n) is 4.32. The van der Waals surface area contributed by atoms with E-state index in [4.69, 9.17) is 21.6 Å². The molecule has 5 nitrogen and oxygen atoms in total. The molecule has 78 valence electrons. The van der Waals surface area contributed by atoms with E-state index in [1.165, 1.54) is 6.20 Å². The van der Waals surface area contributed by atoms with Gasteiger partial charge in [-0.25, -0.2) is 0 Å². The zero-order valence-corrected chi connectivity index (χ0v) is 8.72. The molecule has 16 heavy (non-hydrogen) atoms. The topological polar surface area (TPSA) is 71.7 Å². The Morgan fingerprint density at radius 3 is 2.88 bits per heavy atom. The Morgan fingerprint density at radius 2 is 2.12 bits per heavy atom. The van der Waals surface area contributed by atoms with Crippen molar-refractivity contribution in [2.24, 2.45) is 0 Å². The van der Waals surface area contributed by atoms with Crippen molar-refractivity contribution in [3.63, 3.8) is 0 Å². The molecule has 1 heterocycles. The van der Waals surface area contributed by atoms with Crippen LogP contribution in [0.3, 0.4) is 0 Å². The second kappa shape index (κ2) is 4.55. The highest BCUT2D eigenvalue weighted by atomic mass is 35.5. The van der Waals surface area contributed by atoms with Gasteiger partial charge in [-0.1, -0.05) is 12.1 Å². The molecule has 0 saturated heterocycles. The van der Waals surface area contributed by atoms with Crippen LogP contribution in [0.1, 0.15) is 5.56 Å². The van der Waals surface area contributed by atoms with Crippen molar-refractivity contribution in [2.75, 3.05) is 0 Å². The predicted octanol–water partition coefficient (Wildman–Crippen LogP) is 2.19. The quantitative estimate of drug-likeness (QED) is 0.794. The van der Waals surface area contributed by atoms with Gasteiger partial charge in [0, 0.05) is 0 Å². The van der Waals surface area contributed by atoms with Crippen LogP contribution < -0.4 is 4.74 Å². The highest BCUT2D eigenvalue weighted by Gasteiger charge is 2.05. The third-order valence-corrected chi connectivity index (χ3v) is 1.89. The van der Waals surface area contributed by atoms with Crippen LogP contribution >= 0.6 is 11.6 Å². The molecule has 0 spiro atoms. The van der Waals surface area contributed by atoms with E-state index in [9.17, 15) is 0 Å². The molecule has 2 rings (SSSR count). The second-order valence-corrected chi connectivity index (χ2v) is 3.11. The van der Waals surface area contributed by atoms with Crippen molar-refractivity contribution in [1.82, 2.24) is 15.2 Å². The lowest BCUT2D eigenvalue weighted by Gasteiger charge is -2.04. The van der Waals surface area contributed by atoms with E-state index in [1.54, 1.807) is 24.3 Å². The molecule has 0 saturated carbocycles. The van der Waals surface area contributed by atoms with Crippen molar-refractivity contribution in [3.8, 4) is 17.7 Å². The average molecular weight is 233 g/mol. The van der Waals surface area contributed by atoms with Gasteiger partial charge in [-0.15, -0.1) is 5.10 Å². The molecule has 0 bridgehead atoms. The molecule has 0 unspecified atom stereocenters. The van der Waals surface area contributed by atoms with Crippen molar-refractivity contribution in [1.29, 1.82) is 5.26 Å². The molecule has 0 aliphatic rings. The Morgan fingerprint density at radius 1 is 1.31 bits per heavy atom. The standard InChI is InChI=1S/C10H5ClN4O/c11-10-14-9(6-13-15-10)16-8-4-2-1-3-7(8)5-12/h1-4,6H.